The van der Waals surface area contributed by atoms with Crippen LogP contribution in [0.5, 0.6) is 0 Å². The monoisotopic (exact) mass is 380 g/mol. The minimum absolute atomic E-state index is 0.165. The summed E-state index contributed by atoms with van der Waals surface area (Å²) in [7, 11) is 0. The van der Waals surface area contributed by atoms with Gasteiger partial charge >= 0.3 is 5.97 Å². The molecule has 0 fully saturated rings. The summed E-state index contributed by atoms with van der Waals surface area (Å²) in [6.07, 6.45) is 3.10. The normalized spacial score (nSPS) is 12.2. The largest absolute Gasteiger partial charge is 0.449 e. The third-order valence-electron chi connectivity index (χ3n) is 4.44. The smallest absolute Gasteiger partial charge is 0.340 e. The Hall–Kier alpha value is -3.22. The third-order valence-corrected chi connectivity index (χ3v) is 4.44. The molecule has 0 aliphatic rings. The summed E-state index contributed by atoms with van der Waals surface area (Å²) in [6.45, 7) is 7.62. The average molecular weight is 380 g/mol. The molecule has 3 aromatic rings. The van der Waals surface area contributed by atoms with E-state index in [0.717, 1.165) is 11.8 Å². The summed E-state index contributed by atoms with van der Waals surface area (Å²) in [4.78, 5) is 29.0. The Morgan fingerprint density at radius 3 is 2.50 bits per heavy atom. The Labute approximate surface area is 163 Å². The van der Waals surface area contributed by atoms with Crippen LogP contribution < -0.4 is 5.32 Å². The van der Waals surface area contributed by atoms with E-state index >= 15 is 0 Å². The van der Waals surface area contributed by atoms with Gasteiger partial charge in [-0.3, -0.25) is 4.79 Å². The van der Waals surface area contributed by atoms with E-state index in [0.29, 0.717) is 11.3 Å². The highest BCUT2D eigenvalue weighted by Gasteiger charge is 2.20. The minimum Gasteiger partial charge on any atom is -0.449 e. The van der Waals surface area contributed by atoms with Crippen molar-refractivity contribution < 1.29 is 14.3 Å². The quantitative estimate of drug-likeness (QED) is 0.658. The van der Waals surface area contributed by atoms with Crippen LogP contribution in [0.3, 0.4) is 0 Å². The first-order valence-corrected chi connectivity index (χ1v) is 9.33. The lowest BCUT2D eigenvalue weighted by atomic mass is 10.1. The van der Waals surface area contributed by atoms with Gasteiger partial charge in [-0.05, 0) is 51.0 Å². The third kappa shape index (κ3) is 4.19. The lowest BCUT2D eigenvalue weighted by Gasteiger charge is -2.14. The van der Waals surface area contributed by atoms with E-state index in [1.807, 2.05) is 38.1 Å². The molecule has 1 atom stereocenters. The first kappa shape index (κ1) is 19.5. The summed E-state index contributed by atoms with van der Waals surface area (Å²) in [5, 5.41) is 7.78. The number of carbonyl (C=O) groups excluding carboxylic acids is 2. The molecule has 3 rings (SSSR count). The second-order valence-corrected chi connectivity index (χ2v) is 6.91. The molecule has 2 aromatic heterocycles. The predicted molar refractivity (Wildman–Crippen MR) is 107 cm³/mol. The fourth-order valence-corrected chi connectivity index (χ4v) is 2.78. The number of ether oxygens (including phenoxy) is 1. The fraction of sp³-hybridized carbons (Fsp3) is 0.333. The summed E-state index contributed by atoms with van der Waals surface area (Å²) < 4.78 is 7.08. The van der Waals surface area contributed by atoms with Gasteiger partial charge in [0.05, 0.1) is 11.8 Å². The molecule has 0 radical (unpaired) electrons. The Bertz CT molecular complexity index is 993. The van der Waals surface area contributed by atoms with Crippen LogP contribution in [0.1, 0.15) is 49.7 Å². The number of nitrogens with one attached hydrogen (secondary N) is 1. The molecule has 28 heavy (non-hydrogen) atoms. The van der Waals surface area contributed by atoms with Gasteiger partial charge in [0.25, 0.3) is 5.91 Å². The number of aromatic nitrogens is 3. The van der Waals surface area contributed by atoms with Gasteiger partial charge in [-0.2, -0.15) is 5.10 Å². The zero-order valence-electron chi connectivity index (χ0n) is 16.5. The lowest BCUT2D eigenvalue weighted by molar-refractivity contribution is -0.123. The summed E-state index contributed by atoms with van der Waals surface area (Å²) in [5.41, 5.74) is 2.83. The van der Waals surface area contributed by atoms with Crippen molar-refractivity contribution in [2.75, 3.05) is 5.32 Å². The summed E-state index contributed by atoms with van der Waals surface area (Å²) in [5.74, 6) is -0.991. The van der Waals surface area contributed by atoms with Crippen LogP contribution in [0.15, 0.2) is 42.7 Å². The number of nitrogens with zero attached hydrogens (tertiary/aromatic N) is 3. The summed E-state index contributed by atoms with van der Waals surface area (Å²) in [6, 6.07) is 9.39. The van der Waals surface area contributed by atoms with Crippen molar-refractivity contribution >= 4 is 28.6 Å². The maximum Gasteiger partial charge on any atom is 0.340 e. The van der Waals surface area contributed by atoms with E-state index in [1.54, 1.807) is 16.9 Å². The number of anilines is 1. The molecular formula is C21H24N4O3. The number of hydrogen-bond donors (Lipinski definition) is 1. The maximum atomic E-state index is 12.4. The molecule has 7 nitrogen and oxygen atoms in total. The number of benzene rings is 1. The molecule has 1 amide bonds. The highest BCUT2D eigenvalue weighted by atomic mass is 16.5. The molecule has 0 saturated heterocycles. The zero-order chi connectivity index (χ0) is 20.3. The van der Waals surface area contributed by atoms with Crippen LogP contribution in [-0.2, 0) is 16.0 Å². The Kier molecular flexibility index (Phi) is 5.73. The molecule has 0 saturated carbocycles. The van der Waals surface area contributed by atoms with Crippen molar-refractivity contribution in [3.05, 3.63) is 53.9 Å². The van der Waals surface area contributed by atoms with Crippen LogP contribution >= 0.6 is 0 Å². The van der Waals surface area contributed by atoms with Crippen molar-refractivity contribution in [3.8, 4) is 0 Å². The molecule has 0 aliphatic carbocycles. The molecule has 0 aliphatic heterocycles. The highest BCUT2D eigenvalue weighted by Crippen LogP contribution is 2.18. The molecule has 1 unspecified atom stereocenters. The second-order valence-electron chi connectivity index (χ2n) is 6.91. The Morgan fingerprint density at radius 1 is 1.14 bits per heavy atom. The molecule has 2 heterocycles. The topological polar surface area (TPSA) is 86.1 Å². The highest BCUT2D eigenvalue weighted by molar-refractivity contribution is 5.98. The van der Waals surface area contributed by atoms with Crippen molar-refractivity contribution in [1.29, 1.82) is 0 Å². The number of hydrogen-bond acceptors (Lipinski definition) is 5. The molecule has 7 heteroatoms. The lowest BCUT2D eigenvalue weighted by Crippen LogP contribution is -2.30. The predicted octanol–water partition coefficient (Wildman–Crippen LogP) is 3.76. The molecule has 0 spiro atoms. The number of rotatable bonds is 6. The SMILES string of the molecule is CCc1ccc(NC(=O)C(C)OC(=O)c2cnc3c(cnn3C(C)C)c2)cc1. The molecular weight excluding hydrogens is 356 g/mol. The second kappa shape index (κ2) is 8.21. The van der Waals surface area contributed by atoms with E-state index in [-0.39, 0.29) is 17.5 Å². The van der Waals surface area contributed by atoms with E-state index in [1.165, 1.54) is 18.7 Å². The molecule has 0 bridgehead atoms. The number of carbonyl (C=O) groups is 2. The minimum atomic E-state index is -0.938. The van der Waals surface area contributed by atoms with Gasteiger partial charge in [0.2, 0.25) is 0 Å². The first-order chi connectivity index (χ1) is 13.4. The van der Waals surface area contributed by atoms with Crippen LogP contribution in [0.25, 0.3) is 11.0 Å². The number of pyridine rings is 1. The van der Waals surface area contributed by atoms with Gasteiger partial charge in [0, 0.05) is 23.3 Å². The Balaban J connectivity index is 1.65. The maximum absolute atomic E-state index is 12.4. The number of amides is 1. The van der Waals surface area contributed by atoms with Gasteiger partial charge < -0.3 is 10.1 Å². The number of fused-ring (bicyclic) bond motifs is 1. The molecule has 1 aromatic carbocycles. The van der Waals surface area contributed by atoms with Crippen LogP contribution in [0.4, 0.5) is 5.69 Å². The van der Waals surface area contributed by atoms with Crippen LogP contribution in [0, 0.1) is 0 Å². The number of esters is 1. The first-order valence-electron chi connectivity index (χ1n) is 9.33. The van der Waals surface area contributed by atoms with Gasteiger partial charge in [-0.1, -0.05) is 19.1 Å². The van der Waals surface area contributed by atoms with Crippen LogP contribution in [-0.4, -0.2) is 32.7 Å². The van der Waals surface area contributed by atoms with Crippen molar-refractivity contribution in [1.82, 2.24) is 14.8 Å². The number of aryl methyl sites for hydroxylation is 1. The fourth-order valence-electron chi connectivity index (χ4n) is 2.78. The van der Waals surface area contributed by atoms with E-state index in [9.17, 15) is 9.59 Å². The van der Waals surface area contributed by atoms with E-state index in [2.05, 4.69) is 22.3 Å². The molecule has 1 N–H and O–H groups in total. The average Bonchev–Trinajstić information content (AvgIpc) is 3.12. The van der Waals surface area contributed by atoms with Crippen molar-refractivity contribution in [3.63, 3.8) is 0 Å². The van der Waals surface area contributed by atoms with Gasteiger partial charge in [0.15, 0.2) is 11.8 Å². The van der Waals surface area contributed by atoms with Gasteiger partial charge in [-0.15, -0.1) is 0 Å². The van der Waals surface area contributed by atoms with Gasteiger partial charge in [-0.25, -0.2) is 14.5 Å². The van der Waals surface area contributed by atoms with Crippen molar-refractivity contribution in [2.45, 2.75) is 46.3 Å². The van der Waals surface area contributed by atoms with Gasteiger partial charge in [0.1, 0.15) is 0 Å². The van der Waals surface area contributed by atoms with E-state index in [4.69, 9.17) is 4.74 Å². The van der Waals surface area contributed by atoms with E-state index < -0.39 is 12.1 Å². The zero-order valence-corrected chi connectivity index (χ0v) is 16.5. The standard InChI is InChI=1S/C21H24N4O3/c1-5-15-6-8-18(9-7-15)24-20(26)14(4)28-21(27)17-10-16-12-23-25(13(2)3)19(16)22-11-17/h6-14H,5H2,1-4H3,(H,24,26). The van der Waals surface area contributed by atoms with Crippen molar-refractivity contribution in [2.24, 2.45) is 0 Å². The Morgan fingerprint density at radius 2 is 1.86 bits per heavy atom. The molecule has 146 valence electrons. The van der Waals surface area contributed by atoms with Crippen LogP contribution in [0.2, 0.25) is 0 Å². The summed E-state index contributed by atoms with van der Waals surface area (Å²) >= 11 is 0.